The lowest BCUT2D eigenvalue weighted by molar-refractivity contribution is -0.115. The zero-order valence-corrected chi connectivity index (χ0v) is 23.0. The Morgan fingerprint density at radius 3 is 2.45 bits per heavy atom. The van der Waals surface area contributed by atoms with Crippen LogP contribution >= 0.6 is 11.6 Å². The number of hydrogen-bond acceptors (Lipinski definition) is 5. The number of aromatic nitrogens is 3. The number of benzene rings is 3. The number of anilines is 2. The number of ketones is 1. The second-order valence-electron chi connectivity index (χ2n) is 9.49. The highest BCUT2D eigenvalue weighted by Crippen LogP contribution is 2.32. The zero-order valence-electron chi connectivity index (χ0n) is 22.3. The first kappa shape index (κ1) is 27.1. The van der Waals surface area contributed by atoms with Gasteiger partial charge in [0.1, 0.15) is 16.7 Å². The Labute approximate surface area is 236 Å². The summed E-state index contributed by atoms with van der Waals surface area (Å²) in [5.41, 5.74) is 4.78. The lowest BCUT2D eigenvalue weighted by atomic mass is 9.95. The van der Waals surface area contributed by atoms with Gasteiger partial charge in [-0.25, -0.2) is 14.4 Å². The van der Waals surface area contributed by atoms with Crippen LogP contribution in [0.25, 0.3) is 22.0 Å². The van der Waals surface area contributed by atoms with E-state index in [9.17, 15) is 9.59 Å². The minimum Gasteiger partial charge on any atom is -0.294 e. The first-order valence-corrected chi connectivity index (χ1v) is 13.2. The number of pyridine rings is 1. The van der Waals surface area contributed by atoms with Crippen molar-refractivity contribution in [1.82, 2.24) is 15.0 Å². The van der Waals surface area contributed by atoms with Crippen molar-refractivity contribution < 1.29 is 14.0 Å². The molecule has 0 saturated carbocycles. The molecule has 6 nitrogen and oxygen atoms in total. The summed E-state index contributed by atoms with van der Waals surface area (Å²) in [4.78, 5) is 39.4. The maximum atomic E-state index is 15.3. The molecule has 8 heteroatoms. The fraction of sp³-hybridized carbons (Fsp3) is 0.156. The van der Waals surface area contributed by atoms with Gasteiger partial charge in [-0.1, -0.05) is 67.1 Å². The Bertz CT molecular complexity index is 1750. The van der Waals surface area contributed by atoms with Crippen molar-refractivity contribution in [2.24, 2.45) is 0 Å². The summed E-state index contributed by atoms with van der Waals surface area (Å²) in [5, 5.41) is 1.05. The van der Waals surface area contributed by atoms with Gasteiger partial charge in [-0.05, 0) is 47.4 Å². The Morgan fingerprint density at radius 2 is 1.73 bits per heavy atom. The SMILES string of the molecule is CCC(=O)c1ccc(-c2cc(F)c(Cc3ncc(Cl)c(N(C(C)=O)c4cnc5ccccc5c4)n3)cc2C)cc1. The van der Waals surface area contributed by atoms with Crippen LogP contribution in [0.15, 0.2) is 79.1 Å². The molecule has 0 atom stereocenters. The van der Waals surface area contributed by atoms with Gasteiger partial charge >= 0.3 is 0 Å². The highest BCUT2D eigenvalue weighted by atomic mass is 35.5. The molecule has 0 radical (unpaired) electrons. The second kappa shape index (κ2) is 11.3. The van der Waals surface area contributed by atoms with Crippen LogP contribution in [0.3, 0.4) is 0 Å². The van der Waals surface area contributed by atoms with Gasteiger partial charge in [0, 0.05) is 30.7 Å². The minimum absolute atomic E-state index is 0.0624. The van der Waals surface area contributed by atoms with Crippen LogP contribution < -0.4 is 4.90 Å². The van der Waals surface area contributed by atoms with Gasteiger partial charge in [-0.2, -0.15) is 0 Å². The van der Waals surface area contributed by atoms with Crippen LogP contribution in [0.5, 0.6) is 0 Å². The van der Waals surface area contributed by atoms with Crippen LogP contribution in [-0.2, 0) is 11.2 Å². The first-order chi connectivity index (χ1) is 19.2. The van der Waals surface area contributed by atoms with Gasteiger partial charge < -0.3 is 0 Å². The smallest absolute Gasteiger partial charge is 0.229 e. The maximum Gasteiger partial charge on any atom is 0.229 e. The predicted octanol–water partition coefficient (Wildman–Crippen LogP) is 7.66. The molecule has 0 unspecified atom stereocenters. The average Bonchev–Trinajstić information content (AvgIpc) is 2.96. The molecule has 2 aromatic heterocycles. The number of rotatable bonds is 7. The van der Waals surface area contributed by atoms with Crippen molar-refractivity contribution in [2.75, 3.05) is 4.90 Å². The van der Waals surface area contributed by atoms with Gasteiger partial charge in [-0.15, -0.1) is 0 Å². The molecule has 0 spiro atoms. The standard InChI is InChI=1S/C32H26ClFN4O2/c1-4-30(40)22-11-9-21(10-12-22)26-16-28(34)24(13-19(26)2)15-31-36-18-27(33)32(37-31)38(20(3)39)25-14-23-7-5-6-8-29(23)35-17-25/h5-14,16-18H,4,15H2,1-3H3. The number of para-hydroxylation sites is 1. The van der Waals surface area contributed by atoms with Gasteiger partial charge in [0.05, 0.1) is 23.6 Å². The molecule has 0 aliphatic heterocycles. The van der Waals surface area contributed by atoms with E-state index in [2.05, 4.69) is 15.0 Å². The van der Waals surface area contributed by atoms with E-state index in [1.807, 2.05) is 56.3 Å². The highest BCUT2D eigenvalue weighted by molar-refractivity contribution is 6.33. The topological polar surface area (TPSA) is 76.1 Å². The molecule has 5 aromatic rings. The predicted molar refractivity (Wildman–Crippen MR) is 156 cm³/mol. The highest BCUT2D eigenvalue weighted by Gasteiger charge is 2.21. The zero-order chi connectivity index (χ0) is 28.4. The third-order valence-corrected chi connectivity index (χ3v) is 6.98. The summed E-state index contributed by atoms with van der Waals surface area (Å²) in [6.07, 6.45) is 3.54. The van der Waals surface area contributed by atoms with E-state index < -0.39 is 5.82 Å². The molecular formula is C32H26ClFN4O2. The molecular weight excluding hydrogens is 527 g/mol. The molecule has 40 heavy (non-hydrogen) atoms. The number of amides is 1. The largest absolute Gasteiger partial charge is 0.294 e. The van der Waals surface area contributed by atoms with Crippen molar-refractivity contribution >= 4 is 45.7 Å². The molecule has 0 aliphatic carbocycles. The fourth-order valence-electron chi connectivity index (χ4n) is 4.67. The molecule has 1 amide bonds. The third kappa shape index (κ3) is 5.46. The lowest BCUT2D eigenvalue weighted by Crippen LogP contribution is -2.25. The molecule has 2 heterocycles. The van der Waals surface area contributed by atoms with E-state index in [1.165, 1.54) is 24.1 Å². The third-order valence-electron chi connectivity index (χ3n) is 6.72. The van der Waals surface area contributed by atoms with E-state index in [-0.39, 0.29) is 29.0 Å². The second-order valence-corrected chi connectivity index (χ2v) is 9.90. The number of fused-ring (bicyclic) bond motifs is 1. The van der Waals surface area contributed by atoms with Crippen molar-refractivity contribution in [1.29, 1.82) is 0 Å². The van der Waals surface area contributed by atoms with Gasteiger partial charge in [-0.3, -0.25) is 19.5 Å². The number of carbonyl (C=O) groups is 2. The van der Waals surface area contributed by atoms with Crippen molar-refractivity contribution in [3.63, 3.8) is 0 Å². The Morgan fingerprint density at radius 1 is 0.975 bits per heavy atom. The minimum atomic E-state index is -0.406. The molecule has 0 aliphatic rings. The van der Waals surface area contributed by atoms with E-state index in [4.69, 9.17) is 11.6 Å². The number of aryl methyl sites for hydroxylation is 1. The average molecular weight is 553 g/mol. The van der Waals surface area contributed by atoms with Gasteiger partial charge in [0.2, 0.25) is 5.91 Å². The van der Waals surface area contributed by atoms with Crippen molar-refractivity contribution in [3.05, 3.63) is 112 Å². The number of halogens is 2. The molecule has 200 valence electrons. The first-order valence-electron chi connectivity index (χ1n) is 12.8. The summed E-state index contributed by atoms with van der Waals surface area (Å²) in [5.74, 6) is -0.134. The van der Waals surface area contributed by atoms with Crippen LogP contribution in [0.2, 0.25) is 5.02 Å². The van der Waals surface area contributed by atoms with Gasteiger partial charge in [0.15, 0.2) is 11.6 Å². The van der Waals surface area contributed by atoms with Crippen LogP contribution in [0, 0.1) is 12.7 Å². The molecule has 3 aromatic carbocycles. The van der Waals surface area contributed by atoms with E-state index in [0.717, 1.165) is 27.6 Å². The van der Waals surface area contributed by atoms with Crippen LogP contribution in [-0.4, -0.2) is 26.6 Å². The number of Topliss-reactive ketones (excluding diaryl/α,β-unsaturated/α-hetero) is 1. The lowest BCUT2D eigenvalue weighted by Gasteiger charge is -2.21. The van der Waals surface area contributed by atoms with Crippen molar-refractivity contribution in [2.45, 2.75) is 33.6 Å². The maximum absolute atomic E-state index is 15.3. The normalized spacial score (nSPS) is 11.0. The molecule has 0 N–H and O–H groups in total. The molecule has 0 bridgehead atoms. The van der Waals surface area contributed by atoms with E-state index in [1.54, 1.807) is 24.4 Å². The number of nitrogens with zero attached hydrogens (tertiary/aromatic N) is 4. The summed E-state index contributed by atoms with van der Waals surface area (Å²) >= 11 is 6.46. The number of carbonyl (C=O) groups excluding carboxylic acids is 2. The quantitative estimate of drug-likeness (QED) is 0.194. The Balaban J connectivity index is 1.46. The molecule has 5 rings (SSSR count). The van der Waals surface area contributed by atoms with Gasteiger partial charge in [0.25, 0.3) is 0 Å². The van der Waals surface area contributed by atoms with E-state index in [0.29, 0.717) is 29.1 Å². The number of hydrogen-bond donors (Lipinski definition) is 0. The summed E-state index contributed by atoms with van der Waals surface area (Å²) in [7, 11) is 0. The monoisotopic (exact) mass is 552 g/mol. The van der Waals surface area contributed by atoms with Crippen molar-refractivity contribution in [3.8, 4) is 11.1 Å². The Hall–Kier alpha value is -4.49. The summed E-state index contributed by atoms with van der Waals surface area (Å²) in [6.45, 7) is 5.14. The van der Waals surface area contributed by atoms with Crippen LogP contribution in [0.1, 0.15) is 47.6 Å². The summed E-state index contributed by atoms with van der Waals surface area (Å²) in [6, 6.07) is 19.9. The molecule has 0 fully saturated rings. The summed E-state index contributed by atoms with van der Waals surface area (Å²) < 4.78 is 15.3. The Kier molecular flexibility index (Phi) is 7.67. The fourth-order valence-corrected chi connectivity index (χ4v) is 4.84. The van der Waals surface area contributed by atoms with E-state index >= 15 is 4.39 Å². The molecule has 0 saturated heterocycles. The van der Waals surface area contributed by atoms with Crippen LogP contribution in [0.4, 0.5) is 15.9 Å².